The Bertz CT molecular complexity index is 1180. The minimum Gasteiger partial charge on any atom is -0.452 e. The number of nitrogens with one attached hydrogen (secondary N) is 1. The Morgan fingerprint density at radius 3 is 2.24 bits per heavy atom. The van der Waals surface area contributed by atoms with Crippen molar-refractivity contribution in [2.24, 2.45) is 17.8 Å². The van der Waals surface area contributed by atoms with Crippen LogP contribution in [0.3, 0.4) is 0 Å². The molecule has 0 spiro atoms. The molecular weight excluding hydrogens is 436 g/mol. The average Bonchev–Trinajstić information content (AvgIpc) is 3.08. The number of fused-ring (bicyclic) bond motifs is 1. The van der Waals surface area contributed by atoms with Crippen molar-refractivity contribution in [2.45, 2.75) is 20.3 Å². The number of allylic oxidation sites excluding steroid dienone is 2. The molecule has 0 unspecified atom stereocenters. The number of carbonyl (C=O) groups excluding carboxylic acids is 5. The SMILES string of the molecule is CC(=O)c1ccc(NC(=O)COC(=O)c2ccc(N3C(=O)[C@H]4[C@H](C)C=CC[C@H]4C3=O)cc2)cc1. The normalized spacial score (nSPS) is 21.2. The Kier molecular flexibility index (Phi) is 6.40. The number of esters is 1. The van der Waals surface area contributed by atoms with Crippen LogP contribution >= 0.6 is 0 Å². The molecule has 0 bridgehead atoms. The van der Waals surface area contributed by atoms with E-state index in [1.807, 2.05) is 19.1 Å². The molecule has 1 fully saturated rings. The van der Waals surface area contributed by atoms with Crippen molar-refractivity contribution in [3.8, 4) is 0 Å². The summed E-state index contributed by atoms with van der Waals surface area (Å²) < 4.78 is 5.06. The monoisotopic (exact) mass is 460 g/mol. The van der Waals surface area contributed by atoms with E-state index in [0.29, 0.717) is 23.4 Å². The number of hydrogen-bond acceptors (Lipinski definition) is 6. The van der Waals surface area contributed by atoms with Crippen molar-refractivity contribution in [3.05, 3.63) is 71.8 Å². The molecule has 2 aromatic rings. The first kappa shape index (κ1) is 23.1. The van der Waals surface area contributed by atoms with Crippen LogP contribution in [-0.2, 0) is 19.1 Å². The fourth-order valence-corrected chi connectivity index (χ4v) is 4.35. The topological polar surface area (TPSA) is 110 Å². The Hall–Kier alpha value is -4.07. The van der Waals surface area contributed by atoms with Gasteiger partial charge in [-0.1, -0.05) is 19.1 Å². The summed E-state index contributed by atoms with van der Waals surface area (Å²) in [6.45, 7) is 2.88. The summed E-state index contributed by atoms with van der Waals surface area (Å²) in [6.07, 6.45) is 4.45. The summed E-state index contributed by atoms with van der Waals surface area (Å²) in [6, 6.07) is 12.3. The lowest BCUT2D eigenvalue weighted by molar-refractivity contribution is -0.123. The highest BCUT2D eigenvalue weighted by atomic mass is 16.5. The van der Waals surface area contributed by atoms with Gasteiger partial charge >= 0.3 is 5.97 Å². The molecule has 0 radical (unpaired) electrons. The fourth-order valence-electron chi connectivity index (χ4n) is 4.35. The molecule has 1 saturated heterocycles. The summed E-state index contributed by atoms with van der Waals surface area (Å²) in [5.74, 6) is -2.49. The average molecular weight is 460 g/mol. The minimum atomic E-state index is -0.709. The number of amides is 3. The lowest BCUT2D eigenvalue weighted by atomic mass is 9.78. The summed E-state index contributed by atoms with van der Waals surface area (Å²) in [7, 11) is 0. The van der Waals surface area contributed by atoms with Gasteiger partial charge in [-0.2, -0.15) is 0 Å². The van der Waals surface area contributed by atoms with Gasteiger partial charge in [0.05, 0.1) is 23.1 Å². The highest BCUT2D eigenvalue weighted by Gasteiger charge is 2.50. The van der Waals surface area contributed by atoms with Gasteiger partial charge in [0.25, 0.3) is 5.91 Å². The standard InChI is InChI=1S/C26H24N2O6/c1-15-4-3-5-21-23(15)25(32)28(24(21)31)20-12-8-18(9-13-20)26(33)34-14-22(30)27-19-10-6-17(7-11-19)16(2)29/h3-4,6-13,15,21,23H,5,14H2,1-2H3,(H,27,30)/t15-,21-,23+/m1/s1. The van der Waals surface area contributed by atoms with Crippen molar-refractivity contribution in [3.63, 3.8) is 0 Å². The quantitative estimate of drug-likeness (QED) is 0.306. The third-order valence-electron chi connectivity index (χ3n) is 6.14. The number of rotatable bonds is 6. The van der Waals surface area contributed by atoms with E-state index in [-0.39, 0.29) is 40.9 Å². The van der Waals surface area contributed by atoms with Gasteiger partial charge in [0.2, 0.25) is 11.8 Å². The number of carbonyl (C=O) groups is 5. The van der Waals surface area contributed by atoms with Crippen LogP contribution in [0, 0.1) is 17.8 Å². The first-order chi connectivity index (χ1) is 16.3. The zero-order chi connectivity index (χ0) is 24.4. The van der Waals surface area contributed by atoms with Gasteiger partial charge in [-0.3, -0.25) is 24.1 Å². The number of benzene rings is 2. The first-order valence-corrected chi connectivity index (χ1v) is 11.0. The van der Waals surface area contributed by atoms with Gasteiger partial charge in [0.1, 0.15) is 0 Å². The van der Waals surface area contributed by atoms with Crippen LogP contribution in [0.4, 0.5) is 11.4 Å². The van der Waals surface area contributed by atoms with Crippen LogP contribution in [0.25, 0.3) is 0 Å². The molecule has 174 valence electrons. The molecule has 8 heteroatoms. The second-order valence-corrected chi connectivity index (χ2v) is 8.47. The molecule has 1 aliphatic heterocycles. The number of hydrogen-bond donors (Lipinski definition) is 1. The largest absolute Gasteiger partial charge is 0.452 e. The molecule has 2 aliphatic rings. The molecule has 1 heterocycles. The van der Waals surface area contributed by atoms with E-state index in [9.17, 15) is 24.0 Å². The van der Waals surface area contributed by atoms with Crippen molar-refractivity contribution in [1.82, 2.24) is 0 Å². The van der Waals surface area contributed by atoms with Gasteiger partial charge in [-0.05, 0) is 67.8 Å². The van der Waals surface area contributed by atoms with E-state index in [1.54, 1.807) is 24.3 Å². The molecule has 4 rings (SSSR count). The highest BCUT2D eigenvalue weighted by Crippen LogP contribution is 2.40. The summed E-state index contributed by atoms with van der Waals surface area (Å²) in [5.41, 5.74) is 1.59. The van der Waals surface area contributed by atoms with Crippen LogP contribution in [0.1, 0.15) is 41.0 Å². The molecule has 2 aromatic carbocycles. The van der Waals surface area contributed by atoms with Crippen LogP contribution in [0.5, 0.6) is 0 Å². The summed E-state index contributed by atoms with van der Waals surface area (Å²) >= 11 is 0. The summed E-state index contributed by atoms with van der Waals surface area (Å²) in [5, 5.41) is 2.58. The zero-order valence-electron chi connectivity index (χ0n) is 18.8. The van der Waals surface area contributed by atoms with Gasteiger partial charge in [-0.15, -0.1) is 0 Å². The molecule has 1 aliphatic carbocycles. The number of ether oxygens (including phenoxy) is 1. The predicted molar refractivity (Wildman–Crippen MR) is 124 cm³/mol. The van der Waals surface area contributed by atoms with Crippen LogP contribution in [0.15, 0.2) is 60.7 Å². The molecule has 3 atom stereocenters. The van der Waals surface area contributed by atoms with E-state index in [0.717, 1.165) is 0 Å². The van der Waals surface area contributed by atoms with Crippen LogP contribution in [-0.4, -0.2) is 36.1 Å². The van der Waals surface area contributed by atoms with Crippen LogP contribution < -0.4 is 10.2 Å². The third-order valence-corrected chi connectivity index (χ3v) is 6.14. The van der Waals surface area contributed by atoms with Crippen molar-refractivity contribution in [2.75, 3.05) is 16.8 Å². The maximum absolute atomic E-state index is 12.9. The molecule has 1 N–H and O–H groups in total. The van der Waals surface area contributed by atoms with E-state index < -0.39 is 18.5 Å². The molecule has 34 heavy (non-hydrogen) atoms. The highest BCUT2D eigenvalue weighted by molar-refractivity contribution is 6.22. The number of Topliss-reactive ketones (excluding diaryl/α,β-unsaturated/α-hetero) is 1. The van der Waals surface area contributed by atoms with E-state index in [2.05, 4.69) is 5.32 Å². The van der Waals surface area contributed by atoms with Crippen LogP contribution in [0.2, 0.25) is 0 Å². The molecule has 8 nitrogen and oxygen atoms in total. The number of anilines is 2. The second-order valence-electron chi connectivity index (χ2n) is 8.47. The van der Waals surface area contributed by atoms with Gasteiger partial charge in [0.15, 0.2) is 12.4 Å². The number of imide groups is 1. The predicted octanol–water partition coefficient (Wildman–Crippen LogP) is 3.39. The minimum absolute atomic E-state index is 0.00679. The van der Waals surface area contributed by atoms with Gasteiger partial charge < -0.3 is 10.1 Å². The molecular formula is C26H24N2O6. The van der Waals surface area contributed by atoms with E-state index >= 15 is 0 Å². The number of ketones is 1. The molecule has 0 saturated carbocycles. The second kappa shape index (κ2) is 9.43. The third kappa shape index (κ3) is 4.52. The first-order valence-electron chi connectivity index (χ1n) is 11.0. The van der Waals surface area contributed by atoms with E-state index in [4.69, 9.17) is 4.74 Å². The van der Waals surface area contributed by atoms with E-state index in [1.165, 1.54) is 36.1 Å². The maximum atomic E-state index is 12.9. The summed E-state index contributed by atoms with van der Waals surface area (Å²) in [4.78, 5) is 62.6. The maximum Gasteiger partial charge on any atom is 0.338 e. The van der Waals surface area contributed by atoms with Crippen molar-refractivity contribution >= 4 is 40.8 Å². The van der Waals surface area contributed by atoms with Gasteiger partial charge in [0, 0.05) is 11.3 Å². The fraction of sp³-hybridized carbons (Fsp3) is 0.269. The lowest BCUT2D eigenvalue weighted by Gasteiger charge is -2.22. The van der Waals surface area contributed by atoms with Crippen molar-refractivity contribution < 1.29 is 28.7 Å². The Labute approximate surface area is 196 Å². The molecule has 0 aromatic heterocycles. The van der Waals surface area contributed by atoms with Crippen molar-refractivity contribution in [1.29, 1.82) is 0 Å². The Morgan fingerprint density at radius 1 is 0.971 bits per heavy atom. The smallest absolute Gasteiger partial charge is 0.338 e. The number of nitrogens with zero attached hydrogens (tertiary/aromatic N) is 1. The Balaban J connectivity index is 1.34. The van der Waals surface area contributed by atoms with Gasteiger partial charge in [-0.25, -0.2) is 4.79 Å². The Morgan fingerprint density at radius 2 is 1.62 bits per heavy atom. The lowest BCUT2D eigenvalue weighted by Crippen LogP contribution is -2.31. The zero-order valence-corrected chi connectivity index (χ0v) is 18.8. The molecule has 3 amide bonds.